The number of pyridine rings is 1. The summed E-state index contributed by atoms with van der Waals surface area (Å²) in [5, 5.41) is 5.83. The van der Waals surface area contributed by atoms with Crippen LogP contribution in [0.1, 0.15) is 30.9 Å². The highest BCUT2D eigenvalue weighted by molar-refractivity contribution is 6.30. The van der Waals surface area contributed by atoms with Crippen molar-refractivity contribution >= 4 is 34.6 Å². The fourth-order valence-corrected chi connectivity index (χ4v) is 6.12. The van der Waals surface area contributed by atoms with Gasteiger partial charge in [-0.3, -0.25) is 14.7 Å². The minimum atomic E-state index is -0.0248. The molecule has 0 saturated carbocycles. The predicted molar refractivity (Wildman–Crippen MR) is 158 cm³/mol. The number of hydrogen-bond acceptors (Lipinski definition) is 10. The maximum atomic E-state index is 6.19. The molecular weight excluding hydrogens is 528 g/mol. The van der Waals surface area contributed by atoms with E-state index in [0.717, 1.165) is 36.5 Å². The molecule has 1 atom stereocenters. The number of benzene rings is 1. The van der Waals surface area contributed by atoms with E-state index < -0.39 is 0 Å². The molecule has 3 aliphatic rings. The monoisotopic (exact) mass is 564 g/mol. The highest BCUT2D eigenvalue weighted by Crippen LogP contribution is 2.37. The van der Waals surface area contributed by atoms with Crippen molar-refractivity contribution in [2.45, 2.75) is 31.3 Å². The van der Waals surface area contributed by atoms with Crippen molar-refractivity contribution in [1.29, 1.82) is 0 Å². The molecule has 1 aromatic carbocycles. The molecule has 6 rings (SSSR count). The summed E-state index contributed by atoms with van der Waals surface area (Å²) in [4.78, 5) is 26.7. The Morgan fingerprint density at radius 2 is 1.80 bits per heavy atom. The van der Waals surface area contributed by atoms with Crippen molar-refractivity contribution in [3.8, 4) is 5.75 Å². The first-order valence-corrected chi connectivity index (χ1v) is 14.4. The summed E-state index contributed by atoms with van der Waals surface area (Å²) in [5.41, 5.74) is 3.02. The molecule has 11 heteroatoms. The highest BCUT2D eigenvalue weighted by Gasteiger charge is 2.30. The first kappa shape index (κ1) is 27.0. The second-order valence-corrected chi connectivity index (χ2v) is 11.2. The maximum absolute atomic E-state index is 6.19. The molecule has 1 unspecified atom stereocenters. The van der Waals surface area contributed by atoms with Gasteiger partial charge in [0.2, 0.25) is 0 Å². The summed E-state index contributed by atoms with van der Waals surface area (Å²) in [6.45, 7) is 7.41. The average Bonchev–Trinajstić information content (AvgIpc) is 3.48. The summed E-state index contributed by atoms with van der Waals surface area (Å²) in [7, 11) is 3.92. The van der Waals surface area contributed by atoms with E-state index in [9.17, 15) is 0 Å². The molecule has 3 fully saturated rings. The lowest BCUT2D eigenvalue weighted by molar-refractivity contribution is 0.0982. The lowest BCUT2D eigenvalue weighted by Crippen LogP contribution is -2.52. The Labute approximate surface area is 240 Å². The molecule has 212 valence electrons. The van der Waals surface area contributed by atoms with Gasteiger partial charge in [-0.2, -0.15) is 0 Å². The molecule has 10 nitrogen and oxygen atoms in total. The smallest absolute Gasteiger partial charge is 0.158 e. The first-order valence-electron chi connectivity index (χ1n) is 14.0. The van der Waals surface area contributed by atoms with Crippen LogP contribution in [0.15, 0.2) is 49.1 Å². The molecule has 0 aliphatic carbocycles. The molecule has 3 aliphatic heterocycles. The van der Waals surface area contributed by atoms with Crippen molar-refractivity contribution in [3.63, 3.8) is 0 Å². The number of piperazine rings is 1. The lowest BCUT2D eigenvalue weighted by Gasteiger charge is -2.42. The van der Waals surface area contributed by atoms with Crippen molar-refractivity contribution < 1.29 is 9.57 Å². The Hall–Kier alpha value is -3.18. The van der Waals surface area contributed by atoms with Crippen LogP contribution in [0.5, 0.6) is 5.75 Å². The molecule has 3 aromatic rings. The normalized spacial score (nSPS) is 21.1. The van der Waals surface area contributed by atoms with E-state index in [4.69, 9.17) is 21.2 Å². The Morgan fingerprint density at radius 1 is 0.975 bits per heavy atom. The quantitative estimate of drug-likeness (QED) is 0.446. The molecule has 0 amide bonds. The average molecular weight is 565 g/mol. The molecule has 0 radical (unpaired) electrons. The van der Waals surface area contributed by atoms with Crippen molar-refractivity contribution in [2.75, 3.05) is 75.3 Å². The zero-order valence-electron chi connectivity index (χ0n) is 23.2. The summed E-state index contributed by atoms with van der Waals surface area (Å²) >= 11 is 6.19. The van der Waals surface area contributed by atoms with Crippen LogP contribution in [-0.4, -0.2) is 90.8 Å². The fourth-order valence-electron chi connectivity index (χ4n) is 5.94. The predicted octanol–water partition coefficient (Wildman–Crippen LogP) is 4.38. The van der Waals surface area contributed by atoms with Gasteiger partial charge in [0.15, 0.2) is 5.82 Å². The zero-order chi connectivity index (χ0) is 27.5. The molecule has 0 bridgehead atoms. The van der Waals surface area contributed by atoms with Gasteiger partial charge in [-0.15, -0.1) is 0 Å². The molecule has 3 saturated heterocycles. The number of nitrogens with one attached hydrogen (secondary N) is 1. The van der Waals surface area contributed by atoms with Crippen molar-refractivity contribution in [1.82, 2.24) is 24.8 Å². The number of aromatic nitrogens is 3. The Kier molecular flexibility index (Phi) is 8.20. The maximum Gasteiger partial charge on any atom is 0.158 e. The molecule has 2 aromatic heterocycles. The van der Waals surface area contributed by atoms with Gasteiger partial charge in [0.05, 0.1) is 30.5 Å². The summed E-state index contributed by atoms with van der Waals surface area (Å²) in [5.74, 6) is 2.10. The van der Waals surface area contributed by atoms with Crippen LogP contribution in [0, 0.1) is 0 Å². The number of likely N-dealkylation sites (N-methyl/N-ethyl adjacent to an activating group) is 1. The van der Waals surface area contributed by atoms with E-state index in [2.05, 4.69) is 60.2 Å². The van der Waals surface area contributed by atoms with Crippen LogP contribution < -0.4 is 20.0 Å². The van der Waals surface area contributed by atoms with E-state index in [-0.39, 0.29) is 6.04 Å². The Morgan fingerprint density at radius 3 is 2.58 bits per heavy atom. The Bertz CT molecular complexity index is 1300. The van der Waals surface area contributed by atoms with E-state index in [1.165, 1.54) is 51.0 Å². The number of anilines is 4. The van der Waals surface area contributed by atoms with Gasteiger partial charge in [0.25, 0.3) is 0 Å². The van der Waals surface area contributed by atoms with Gasteiger partial charge in [0, 0.05) is 81.9 Å². The fraction of sp³-hybridized carbons (Fsp3) is 0.483. The summed E-state index contributed by atoms with van der Waals surface area (Å²) in [6, 6.07) is 10.8. The van der Waals surface area contributed by atoms with Crippen molar-refractivity contribution in [3.05, 3.63) is 59.6 Å². The molecular formula is C29H37ClN8O2. The van der Waals surface area contributed by atoms with Crippen LogP contribution in [-0.2, 0) is 4.84 Å². The number of hydroxylamine groups is 1. The van der Waals surface area contributed by atoms with Crippen LogP contribution in [0.3, 0.4) is 0 Å². The number of hydrogen-bond donors (Lipinski definition) is 1. The lowest BCUT2D eigenvalue weighted by atomic mass is 10.0. The van der Waals surface area contributed by atoms with Gasteiger partial charge in [-0.25, -0.2) is 15.0 Å². The largest absolute Gasteiger partial charge is 0.494 e. The number of nitrogens with zero attached hydrogens (tertiary/aromatic N) is 7. The number of rotatable bonds is 7. The van der Waals surface area contributed by atoms with Gasteiger partial charge in [0.1, 0.15) is 17.9 Å². The standard InChI is InChI=1S/C29H37ClN8O2/c1-35-10-12-37(13-11-35)23-5-8-36(9-6-23)24-3-4-25(27(16-24)39-2)34-28-17-29(33-20-32-28)38-26(7-14-40-38)21-15-22(30)19-31-18-21/h3-4,15-20,23,26H,5-14H2,1-2H3,(H,32,33,34). The van der Waals surface area contributed by atoms with E-state index in [1.807, 2.05) is 23.4 Å². The van der Waals surface area contributed by atoms with Gasteiger partial charge in [-0.1, -0.05) is 11.6 Å². The zero-order valence-corrected chi connectivity index (χ0v) is 23.9. The molecule has 1 N–H and O–H groups in total. The second kappa shape index (κ2) is 12.1. The summed E-state index contributed by atoms with van der Waals surface area (Å²) in [6.07, 6.45) is 8.20. The minimum Gasteiger partial charge on any atom is -0.494 e. The second-order valence-electron chi connectivity index (χ2n) is 10.7. The third kappa shape index (κ3) is 5.95. The van der Waals surface area contributed by atoms with Gasteiger partial charge in [-0.05, 0) is 43.7 Å². The molecule has 40 heavy (non-hydrogen) atoms. The topological polar surface area (TPSA) is 82.1 Å². The highest BCUT2D eigenvalue weighted by atomic mass is 35.5. The number of halogens is 1. The van der Waals surface area contributed by atoms with Gasteiger partial charge < -0.3 is 19.9 Å². The van der Waals surface area contributed by atoms with Crippen molar-refractivity contribution in [2.24, 2.45) is 0 Å². The first-order chi connectivity index (χ1) is 19.6. The SMILES string of the molecule is COc1cc(N2CCC(N3CCN(C)CC3)CC2)ccc1Nc1cc(N2OCCC2c2cncc(Cl)c2)ncn1. The van der Waals surface area contributed by atoms with E-state index >= 15 is 0 Å². The number of methoxy groups -OCH3 is 1. The van der Waals surface area contributed by atoms with Crippen LogP contribution >= 0.6 is 11.6 Å². The third-order valence-electron chi connectivity index (χ3n) is 8.23. The Balaban J connectivity index is 1.12. The minimum absolute atomic E-state index is 0.0248. The third-order valence-corrected chi connectivity index (χ3v) is 8.43. The molecule has 0 spiro atoms. The molecule has 5 heterocycles. The van der Waals surface area contributed by atoms with Gasteiger partial charge >= 0.3 is 0 Å². The van der Waals surface area contributed by atoms with Crippen LogP contribution in [0.4, 0.5) is 23.0 Å². The van der Waals surface area contributed by atoms with Crippen LogP contribution in [0.25, 0.3) is 0 Å². The van der Waals surface area contributed by atoms with E-state index in [1.54, 1.807) is 13.3 Å². The van der Waals surface area contributed by atoms with E-state index in [0.29, 0.717) is 29.3 Å². The van der Waals surface area contributed by atoms with Crippen LogP contribution in [0.2, 0.25) is 5.02 Å². The number of piperidine rings is 1. The number of ether oxygens (including phenoxy) is 1. The summed E-state index contributed by atoms with van der Waals surface area (Å²) < 4.78 is 5.79.